The third-order valence-electron chi connectivity index (χ3n) is 1.76. The minimum Gasteiger partial charge on any atom is -0.0879 e. The van der Waals surface area contributed by atoms with Gasteiger partial charge in [-0.15, -0.1) is 0 Å². The average molecular weight is 160 g/mol. The van der Waals surface area contributed by atoms with Crippen LogP contribution in [0.25, 0.3) is 0 Å². The van der Waals surface area contributed by atoms with Gasteiger partial charge in [0.05, 0.1) is 0 Å². The Morgan fingerprint density at radius 3 is 2.00 bits per heavy atom. The van der Waals surface area contributed by atoms with E-state index < -0.39 is 0 Å². The molecule has 1 rings (SSSR count). The summed E-state index contributed by atoms with van der Waals surface area (Å²) in [4.78, 5) is 0. The van der Waals surface area contributed by atoms with Crippen molar-refractivity contribution in [1.82, 2.24) is 0 Å². The smallest absolute Gasteiger partial charge is 0.0166 e. The standard InChI is InChI=1S/C12H16/c1-2-4-6-8-10-12-11-9-7-5-3-1/h1-4,7,9-10,12H,5-6,8,11H2/b3-1?,4-2?,9-7+,12-10-. The molecule has 0 saturated carbocycles. The van der Waals surface area contributed by atoms with E-state index >= 15 is 0 Å². The number of hydrogen-bond acceptors (Lipinski definition) is 0. The van der Waals surface area contributed by atoms with Crippen LogP contribution < -0.4 is 0 Å². The molecule has 0 heteroatoms. The molecule has 1 aliphatic carbocycles. The second-order valence-electron chi connectivity index (χ2n) is 2.85. The molecule has 0 heterocycles. The van der Waals surface area contributed by atoms with Crippen LogP contribution in [0.5, 0.6) is 0 Å². The quantitative estimate of drug-likeness (QED) is 0.473. The lowest BCUT2D eigenvalue weighted by atomic mass is 10.2. The Labute approximate surface area is 75.0 Å². The van der Waals surface area contributed by atoms with E-state index in [1.54, 1.807) is 0 Å². The Balaban J connectivity index is 2.41. The van der Waals surface area contributed by atoms with Crippen LogP contribution in [0.2, 0.25) is 0 Å². The first-order chi connectivity index (χ1) is 6.00. The number of hydrogen-bond donors (Lipinski definition) is 0. The first-order valence-electron chi connectivity index (χ1n) is 4.62. The van der Waals surface area contributed by atoms with E-state index in [9.17, 15) is 0 Å². The zero-order valence-corrected chi connectivity index (χ0v) is 7.45. The predicted octanol–water partition coefficient (Wildman–Crippen LogP) is 3.79. The highest BCUT2D eigenvalue weighted by atomic mass is 13.8. The highest BCUT2D eigenvalue weighted by Gasteiger charge is 1.77. The van der Waals surface area contributed by atoms with Crippen molar-refractivity contribution in [3.05, 3.63) is 48.6 Å². The largest absolute Gasteiger partial charge is 0.0879 e. The molecule has 0 saturated heterocycles. The summed E-state index contributed by atoms with van der Waals surface area (Å²) in [7, 11) is 0. The van der Waals surface area contributed by atoms with Gasteiger partial charge in [-0.25, -0.2) is 0 Å². The number of rotatable bonds is 0. The van der Waals surface area contributed by atoms with Crippen molar-refractivity contribution in [3.8, 4) is 0 Å². The van der Waals surface area contributed by atoms with Gasteiger partial charge < -0.3 is 0 Å². The Bertz CT molecular complexity index is 204. The molecule has 0 fully saturated rings. The van der Waals surface area contributed by atoms with Crippen molar-refractivity contribution >= 4 is 0 Å². The van der Waals surface area contributed by atoms with Crippen LogP contribution in [0.1, 0.15) is 25.7 Å². The van der Waals surface area contributed by atoms with Crippen LogP contribution in [0, 0.1) is 0 Å². The van der Waals surface area contributed by atoms with Crippen molar-refractivity contribution in [2.75, 3.05) is 0 Å². The van der Waals surface area contributed by atoms with Crippen LogP contribution in [-0.4, -0.2) is 0 Å². The van der Waals surface area contributed by atoms with Gasteiger partial charge in [-0.3, -0.25) is 0 Å². The summed E-state index contributed by atoms with van der Waals surface area (Å²) in [5.41, 5.74) is 0. The highest BCUT2D eigenvalue weighted by molar-refractivity contribution is 5.06. The second kappa shape index (κ2) is 6.66. The Morgan fingerprint density at radius 2 is 1.08 bits per heavy atom. The minimum atomic E-state index is 1.05. The summed E-state index contributed by atoms with van der Waals surface area (Å²) in [6.07, 6.45) is 22.0. The summed E-state index contributed by atoms with van der Waals surface area (Å²) >= 11 is 0. The normalized spacial score (nSPS) is 24.0. The highest BCUT2D eigenvalue weighted by Crippen LogP contribution is 1.98. The van der Waals surface area contributed by atoms with Crippen LogP contribution in [0.4, 0.5) is 0 Å². The van der Waals surface area contributed by atoms with Gasteiger partial charge in [0.1, 0.15) is 0 Å². The van der Waals surface area contributed by atoms with Crippen molar-refractivity contribution in [3.63, 3.8) is 0 Å². The Kier molecular flexibility index (Phi) is 5.02. The molecule has 1 aliphatic rings. The predicted molar refractivity (Wildman–Crippen MR) is 55.0 cm³/mol. The molecule has 0 N–H and O–H groups in total. The van der Waals surface area contributed by atoms with Gasteiger partial charge in [0, 0.05) is 0 Å². The maximum Gasteiger partial charge on any atom is -0.0166 e. The molecule has 0 radical (unpaired) electrons. The van der Waals surface area contributed by atoms with E-state index in [2.05, 4.69) is 48.6 Å². The summed E-state index contributed by atoms with van der Waals surface area (Å²) in [5.74, 6) is 0. The average Bonchev–Trinajstić information content (AvgIpc) is 2.05. The van der Waals surface area contributed by atoms with Crippen LogP contribution >= 0.6 is 0 Å². The van der Waals surface area contributed by atoms with Crippen LogP contribution in [0.15, 0.2) is 48.6 Å². The summed E-state index contributed by atoms with van der Waals surface area (Å²) in [5, 5.41) is 0. The summed E-state index contributed by atoms with van der Waals surface area (Å²) in [6, 6.07) is 0. The van der Waals surface area contributed by atoms with Gasteiger partial charge in [-0.2, -0.15) is 0 Å². The molecule has 0 unspecified atom stereocenters. The monoisotopic (exact) mass is 160 g/mol. The van der Waals surface area contributed by atoms with Crippen molar-refractivity contribution in [2.24, 2.45) is 0 Å². The first kappa shape index (κ1) is 9.05. The molecule has 0 aromatic heterocycles. The lowest BCUT2D eigenvalue weighted by Gasteiger charge is -1.88. The van der Waals surface area contributed by atoms with Crippen LogP contribution in [-0.2, 0) is 0 Å². The molecular weight excluding hydrogens is 144 g/mol. The van der Waals surface area contributed by atoms with Gasteiger partial charge in [-0.05, 0) is 25.7 Å². The molecule has 0 amide bonds. The topological polar surface area (TPSA) is 0 Å². The summed E-state index contributed by atoms with van der Waals surface area (Å²) in [6.45, 7) is 0. The molecule has 0 spiro atoms. The van der Waals surface area contributed by atoms with E-state index in [1.165, 1.54) is 0 Å². The fraction of sp³-hybridized carbons (Fsp3) is 0.333. The Hall–Kier alpha value is -1.04. The minimum absolute atomic E-state index is 1.05. The number of allylic oxidation sites excluding steroid dienone is 8. The lowest BCUT2D eigenvalue weighted by Crippen LogP contribution is -1.67. The molecule has 64 valence electrons. The zero-order chi connectivity index (χ0) is 8.49. The molecule has 12 heavy (non-hydrogen) atoms. The third-order valence-corrected chi connectivity index (χ3v) is 1.76. The Morgan fingerprint density at radius 1 is 0.500 bits per heavy atom. The van der Waals surface area contributed by atoms with Crippen molar-refractivity contribution < 1.29 is 0 Å². The fourth-order valence-electron chi connectivity index (χ4n) is 1.09. The molecule has 0 atom stereocenters. The molecule has 0 nitrogen and oxygen atoms in total. The van der Waals surface area contributed by atoms with Gasteiger partial charge in [0.2, 0.25) is 0 Å². The molecule has 0 bridgehead atoms. The van der Waals surface area contributed by atoms with E-state index in [1.807, 2.05) is 0 Å². The maximum atomic E-state index is 2.25. The molecule has 0 aliphatic heterocycles. The van der Waals surface area contributed by atoms with Gasteiger partial charge in [0.25, 0.3) is 0 Å². The fourth-order valence-corrected chi connectivity index (χ4v) is 1.09. The maximum absolute atomic E-state index is 2.25. The van der Waals surface area contributed by atoms with Gasteiger partial charge in [-0.1, -0.05) is 48.6 Å². The van der Waals surface area contributed by atoms with Crippen LogP contribution in [0.3, 0.4) is 0 Å². The van der Waals surface area contributed by atoms with Gasteiger partial charge in [0.15, 0.2) is 0 Å². The zero-order valence-electron chi connectivity index (χ0n) is 7.45. The van der Waals surface area contributed by atoms with Gasteiger partial charge >= 0.3 is 0 Å². The van der Waals surface area contributed by atoms with E-state index in [4.69, 9.17) is 0 Å². The molecule has 0 aromatic rings. The van der Waals surface area contributed by atoms with E-state index in [-0.39, 0.29) is 0 Å². The molecule has 0 aromatic carbocycles. The first-order valence-corrected chi connectivity index (χ1v) is 4.62. The SMILES string of the molecule is C1=CC/C=C/C/C=C\CCC=C1. The molecular formula is C12H16. The third kappa shape index (κ3) is 4.73. The van der Waals surface area contributed by atoms with E-state index in [0.29, 0.717) is 0 Å². The second-order valence-corrected chi connectivity index (χ2v) is 2.85. The summed E-state index contributed by atoms with van der Waals surface area (Å²) < 4.78 is 0. The van der Waals surface area contributed by atoms with Crippen molar-refractivity contribution in [2.45, 2.75) is 25.7 Å². The van der Waals surface area contributed by atoms with E-state index in [0.717, 1.165) is 25.7 Å². The lowest BCUT2D eigenvalue weighted by molar-refractivity contribution is 1.04. The van der Waals surface area contributed by atoms with Crippen molar-refractivity contribution in [1.29, 1.82) is 0 Å².